The number of nitrogens with one attached hydrogen (secondary N) is 2. The van der Waals surface area contributed by atoms with E-state index >= 15 is 0 Å². The minimum absolute atomic E-state index is 0.712. The first-order valence-electron chi connectivity index (χ1n) is 9.95. The lowest BCUT2D eigenvalue weighted by molar-refractivity contribution is 0.121. The second kappa shape index (κ2) is 11.8. The van der Waals surface area contributed by atoms with E-state index in [4.69, 9.17) is 9.47 Å². The molecule has 1 aromatic rings. The Balaban J connectivity index is 1.66. The van der Waals surface area contributed by atoms with Gasteiger partial charge < -0.3 is 25.0 Å². The van der Waals surface area contributed by atoms with Crippen LogP contribution < -0.4 is 15.4 Å². The van der Waals surface area contributed by atoms with Crippen LogP contribution in [-0.4, -0.2) is 71.5 Å². The zero-order chi connectivity index (χ0) is 19.5. The molecule has 1 saturated heterocycles. The van der Waals surface area contributed by atoms with Crippen molar-refractivity contribution in [3.8, 4) is 5.75 Å². The van der Waals surface area contributed by atoms with Gasteiger partial charge in [0.2, 0.25) is 0 Å². The van der Waals surface area contributed by atoms with Crippen molar-refractivity contribution in [1.82, 2.24) is 15.5 Å². The topological polar surface area (TPSA) is 58.1 Å². The van der Waals surface area contributed by atoms with E-state index in [0.717, 1.165) is 57.5 Å². The highest BCUT2D eigenvalue weighted by molar-refractivity contribution is 5.79. The molecule has 1 aliphatic rings. The number of ether oxygens (including phenoxy) is 2. The minimum Gasteiger partial charge on any atom is -0.496 e. The summed E-state index contributed by atoms with van der Waals surface area (Å²) in [5, 5.41) is 6.90. The summed E-state index contributed by atoms with van der Waals surface area (Å²) >= 11 is 0. The fourth-order valence-corrected chi connectivity index (χ4v) is 3.44. The molecule has 1 heterocycles. The molecular formula is C21H36N4O2. The second-order valence-corrected chi connectivity index (χ2v) is 7.21. The number of likely N-dealkylation sites (tertiary alicyclic amines) is 1. The second-order valence-electron chi connectivity index (χ2n) is 7.21. The molecule has 152 valence electrons. The van der Waals surface area contributed by atoms with Gasteiger partial charge in [-0.2, -0.15) is 0 Å². The van der Waals surface area contributed by atoms with Crippen LogP contribution in [0.5, 0.6) is 5.75 Å². The Bertz CT molecular complexity index is 584. The summed E-state index contributed by atoms with van der Waals surface area (Å²) in [5.41, 5.74) is 2.43. The van der Waals surface area contributed by atoms with E-state index in [-0.39, 0.29) is 0 Å². The number of methoxy groups -OCH3 is 2. The highest BCUT2D eigenvalue weighted by atomic mass is 16.5. The molecule has 2 N–H and O–H groups in total. The summed E-state index contributed by atoms with van der Waals surface area (Å²) in [6.07, 6.45) is 3.41. The molecule has 0 amide bonds. The van der Waals surface area contributed by atoms with E-state index in [0.29, 0.717) is 5.92 Å². The fraction of sp³-hybridized carbons (Fsp3) is 0.667. The Kier molecular flexibility index (Phi) is 9.42. The van der Waals surface area contributed by atoms with Gasteiger partial charge in [-0.25, -0.2) is 0 Å². The lowest BCUT2D eigenvalue weighted by Crippen LogP contribution is -2.43. The maximum absolute atomic E-state index is 5.40. The van der Waals surface area contributed by atoms with Gasteiger partial charge in [-0.1, -0.05) is 12.1 Å². The van der Waals surface area contributed by atoms with E-state index in [2.05, 4.69) is 45.6 Å². The standard InChI is InChI=1S/C21H36N4O2/c1-17-5-6-18(15-20(17)27-4)7-10-23-21(22-2)24-16-19-8-11-25(12-9-19)13-14-26-3/h5-6,15,19H,7-14,16H2,1-4H3,(H2,22,23,24). The highest BCUT2D eigenvalue weighted by Gasteiger charge is 2.18. The van der Waals surface area contributed by atoms with E-state index in [1.54, 1.807) is 14.2 Å². The molecule has 0 saturated carbocycles. The number of guanidine groups is 1. The van der Waals surface area contributed by atoms with Crippen LogP contribution in [-0.2, 0) is 11.2 Å². The normalized spacial score (nSPS) is 16.4. The summed E-state index contributed by atoms with van der Waals surface area (Å²) in [4.78, 5) is 6.84. The highest BCUT2D eigenvalue weighted by Crippen LogP contribution is 2.19. The molecule has 1 aliphatic heterocycles. The van der Waals surface area contributed by atoms with Crippen LogP contribution in [0, 0.1) is 12.8 Å². The number of hydrogen-bond donors (Lipinski definition) is 2. The van der Waals surface area contributed by atoms with Gasteiger partial charge in [0.25, 0.3) is 0 Å². The molecule has 0 atom stereocenters. The maximum atomic E-state index is 5.40. The molecule has 1 aromatic carbocycles. The smallest absolute Gasteiger partial charge is 0.190 e. The van der Waals surface area contributed by atoms with E-state index in [9.17, 15) is 0 Å². The molecule has 1 fully saturated rings. The average molecular weight is 377 g/mol. The van der Waals surface area contributed by atoms with Crippen LogP contribution in [0.2, 0.25) is 0 Å². The number of nitrogens with zero attached hydrogens (tertiary/aromatic N) is 2. The van der Waals surface area contributed by atoms with Crippen LogP contribution in [0.1, 0.15) is 24.0 Å². The summed E-state index contributed by atoms with van der Waals surface area (Å²) in [7, 11) is 5.32. The largest absolute Gasteiger partial charge is 0.496 e. The van der Waals surface area contributed by atoms with Crippen LogP contribution >= 0.6 is 0 Å². The van der Waals surface area contributed by atoms with Crippen LogP contribution in [0.25, 0.3) is 0 Å². The molecule has 0 aromatic heterocycles. The third kappa shape index (κ3) is 7.39. The predicted molar refractivity (Wildman–Crippen MR) is 112 cm³/mol. The monoisotopic (exact) mass is 376 g/mol. The Morgan fingerprint density at radius 2 is 2.00 bits per heavy atom. The Hall–Kier alpha value is -1.79. The van der Waals surface area contributed by atoms with Gasteiger partial charge in [-0.15, -0.1) is 0 Å². The predicted octanol–water partition coefficient (Wildman–Crippen LogP) is 2.07. The molecule has 6 nitrogen and oxygen atoms in total. The number of aryl methyl sites for hydroxylation is 1. The number of piperidine rings is 1. The van der Waals surface area contributed by atoms with Crippen molar-refractivity contribution in [2.24, 2.45) is 10.9 Å². The van der Waals surface area contributed by atoms with Gasteiger partial charge in [-0.05, 0) is 62.4 Å². The SMILES string of the molecule is CN=C(NCCc1ccc(C)c(OC)c1)NCC1CCN(CCOC)CC1. The maximum Gasteiger partial charge on any atom is 0.190 e. The molecule has 0 radical (unpaired) electrons. The average Bonchev–Trinajstić information content (AvgIpc) is 2.70. The van der Waals surface area contributed by atoms with E-state index in [1.807, 2.05) is 7.05 Å². The van der Waals surface area contributed by atoms with Crippen LogP contribution in [0.15, 0.2) is 23.2 Å². The van der Waals surface area contributed by atoms with Crippen molar-refractivity contribution in [1.29, 1.82) is 0 Å². The number of benzene rings is 1. The van der Waals surface area contributed by atoms with Crippen molar-refractivity contribution in [3.63, 3.8) is 0 Å². The third-order valence-electron chi connectivity index (χ3n) is 5.28. The molecule has 0 unspecified atom stereocenters. The lowest BCUT2D eigenvalue weighted by atomic mass is 9.97. The van der Waals surface area contributed by atoms with Crippen LogP contribution in [0.4, 0.5) is 0 Å². The van der Waals surface area contributed by atoms with Gasteiger partial charge in [0.1, 0.15) is 5.75 Å². The van der Waals surface area contributed by atoms with Gasteiger partial charge in [-0.3, -0.25) is 4.99 Å². The molecule has 2 rings (SSSR count). The molecule has 27 heavy (non-hydrogen) atoms. The van der Waals surface area contributed by atoms with E-state index in [1.165, 1.54) is 24.0 Å². The summed E-state index contributed by atoms with van der Waals surface area (Å²) in [6, 6.07) is 6.39. The first-order chi connectivity index (χ1) is 13.2. The van der Waals surface area contributed by atoms with Crippen molar-refractivity contribution in [2.75, 3.05) is 60.6 Å². The Labute approximate surface area is 164 Å². The van der Waals surface area contributed by atoms with Crippen molar-refractivity contribution >= 4 is 5.96 Å². The molecular weight excluding hydrogens is 340 g/mol. The number of hydrogen-bond acceptors (Lipinski definition) is 4. The fourth-order valence-electron chi connectivity index (χ4n) is 3.44. The molecule has 6 heteroatoms. The first kappa shape index (κ1) is 21.5. The summed E-state index contributed by atoms with van der Waals surface area (Å²) in [6.45, 7) is 8.09. The zero-order valence-electron chi connectivity index (χ0n) is 17.4. The molecule has 0 aliphatic carbocycles. The number of aliphatic imine (C=N–C) groups is 1. The third-order valence-corrected chi connectivity index (χ3v) is 5.28. The Morgan fingerprint density at radius 1 is 1.22 bits per heavy atom. The van der Waals surface area contributed by atoms with Gasteiger partial charge in [0.15, 0.2) is 5.96 Å². The van der Waals surface area contributed by atoms with Crippen molar-refractivity contribution < 1.29 is 9.47 Å². The van der Waals surface area contributed by atoms with Crippen molar-refractivity contribution in [3.05, 3.63) is 29.3 Å². The zero-order valence-corrected chi connectivity index (χ0v) is 17.4. The van der Waals surface area contributed by atoms with Gasteiger partial charge in [0.05, 0.1) is 13.7 Å². The molecule has 0 bridgehead atoms. The summed E-state index contributed by atoms with van der Waals surface area (Å²) in [5.74, 6) is 2.55. The van der Waals surface area contributed by atoms with Gasteiger partial charge >= 0.3 is 0 Å². The number of rotatable bonds is 9. The summed E-state index contributed by atoms with van der Waals surface area (Å²) < 4.78 is 10.6. The lowest BCUT2D eigenvalue weighted by Gasteiger charge is -2.32. The molecule has 0 spiro atoms. The van der Waals surface area contributed by atoms with Gasteiger partial charge in [0, 0.05) is 33.8 Å². The van der Waals surface area contributed by atoms with Crippen LogP contribution in [0.3, 0.4) is 0 Å². The van der Waals surface area contributed by atoms with E-state index < -0.39 is 0 Å². The quantitative estimate of drug-likeness (QED) is 0.510. The Morgan fingerprint density at radius 3 is 2.67 bits per heavy atom. The first-order valence-corrected chi connectivity index (χ1v) is 9.95. The van der Waals surface area contributed by atoms with Crippen molar-refractivity contribution in [2.45, 2.75) is 26.2 Å². The minimum atomic E-state index is 0.712.